The normalized spacial score (nSPS) is 20.1. The number of ether oxygens (including phenoxy) is 2. The Morgan fingerprint density at radius 3 is 2.74 bits per heavy atom. The summed E-state index contributed by atoms with van der Waals surface area (Å²) in [6.07, 6.45) is 4.62. The summed E-state index contributed by atoms with van der Waals surface area (Å²) in [6.45, 7) is 9.52. The zero-order valence-electron chi connectivity index (χ0n) is 16.8. The third kappa shape index (κ3) is 4.40. The average molecular weight is 374 g/mol. The van der Waals surface area contributed by atoms with Gasteiger partial charge in [0.15, 0.2) is 0 Å². The quantitative estimate of drug-likeness (QED) is 0.754. The van der Waals surface area contributed by atoms with Gasteiger partial charge in [0.05, 0.1) is 25.9 Å². The van der Waals surface area contributed by atoms with Gasteiger partial charge in [-0.2, -0.15) is 4.98 Å². The molecule has 0 radical (unpaired) electrons. The largest absolute Gasteiger partial charge is 0.467 e. The van der Waals surface area contributed by atoms with Crippen molar-refractivity contribution in [2.75, 3.05) is 44.8 Å². The molecule has 1 amide bonds. The molecule has 0 aliphatic carbocycles. The third-order valence-corrected chi connectivity index (χ3v) is 5.38. The Kier molecular flexibility index (Phi) is 5.99. The highest BCUT2D eigenvalue weighted by Crippen LogP contribution is 2.32. The molecule has 2 aliphatic heterocycles. The van der Waals surface area contributed by atoms with Gasteiger partial charge in [0, 0.05) is 37.0 Å². The Bertz CT molecular complexity index is 711. The van der Waals surface area contributed by atoms with Crippen LogP contribution in [-0.2, 0) is 9.53 Å². The molecule has 1 aromatic heterocycles. The minimum atomic E-state index is -0.247. The zero-order valence-corrected chi connectivity index (χ0v) is 16.8. The minimum absolute atomic E-state index is 0.137. The van der Waals surface area contributed by atoms with Crippen LogP contribution in [0.1, 0.15) is 38.8 Å². The van der Waals surface area contributed by atoms with Gasteiger partial charge in [0.2, 0.25) is 5.91 Å². The van der Waals surface area contributed by atoms with Gasteiger partial charge in [-0.3, -0.25) is 4.79 Å². The second-order valence-corrected chi connectivity index (χ2v) is 7.39. The first-order chi connectivity index (χ1) is 13.0. The number of methoxy groups -OCH3 is 1. The lowest BCUT2D eigenvalue weighted by Crippen LogP contribution is -2.58. The van der Waals surface area contributed by atoms with Gasteiger partial charge in [-0.05, 0) is 33.1 Å². The summed E-state index contributed by atoms with van der Waals surface area (Å²) in [5.74, 6) is 1.03. The molecule has 0 saturated carbocycles. The molecule has 2 fully saturated rings. The van der Waals surface area contributed by atoms with Gasteiger partial charge in [0.25, 0.3) is 0 Å². The standard InChI is InChI=1S/C20H30N4O3/c1-5-6-15(2)18(25)24-11-12-27-20(14-24)7-9-23(10-8-20)17-13-16(3)21-19(22-17)26-4/h6,13H,5,7-12,14H2,1-4H3/b15-6+. The van der Waals surface area contributed by atoms with Crippen LogP contribution in [0.15, 0.2) is 17.7 Å². The molecule has 0 N–H and O–H groups in total. The molecular formula is C20H30N4O3. The molecule has 1 aromatic rings. The van der Waals surface area contributed by atoms with Crippen LogP contribution >= 0.6 is 0 Å². The number of aromatic nitrogens is 2. The van der Waals surface area contributed by atoms with Crippen LogP contribution < -0.4 is 9.64 Å². The summed E-state index contributed by atoms with van der Waals surface area (Å²) in [4.78, 5) is 25.6. The summed E-state index contributed by atoms with van der Waals surface area (Å²) in [6, 6.07) is 2.38. The maximum atomic E-state index is 12.7. The number of amides is 1. The van der Waals surface area contributed by atoms with Crippen molar-refractivity contribution < 1.29 is 14.3 Å². The van der Waals surface area contributed by atoms with E-state index in [1.165, 1.54) is 0 Å². The van der Waals surface area contributed by atoms with E-state index in [-0.39, 0.29) is 11.5 Å². The fourth-order valence-corrected chi connectivity index (χ4v) is 3.89. The van der Waals surface area contributed by atoms with Crippen LogP contribution in [0.3, 0.4) is 0 Å². The van der Waals surface area contributed by atoms with Crippen molar-refractivity contribution in [2.45, 2.75) is 45.6 Å². The molecular weight excluding hydrogens is 344 g/mol. The highest BCUT2D eigenvalue weighted by molar-refractivity contribution is 5.92. The Morgan fingerprint density at radius 2 is 2.07 bits per heavy atom. The van der Waals surface area contributed by atoms with E-state index >= 15 is 0 Å². The van der Waals surface area contributed by atoms with E-state index in [0.717, 1.165) is 49.4 Å². The second-order valence-electron chi connectivity index (χ2n) is 7.39. The van der Waals surface area contributed by atoms with E-state index < -0.39 is 0 Å². The van der Waals surface area contributed by atoms with Crippen LogP contribution in [0.25, 0.3) is 0 Å². The van der Waals surface area contributed by atoms with Gasteiger partial charge in [-0.1, -0.05) is 13.0 Å². The fourth-order valence-electron chi connectivity index (χ4n) is 3.89. The molecule has 7 nitrogen and oxygen atoms in total. The number of piperidine rings is 1. The molecule has 2 aliphatic rings. The van der Waals surface area contributed by atoms with E-state index in [4.69, 9.17) is 9.47 Å². The topological polar surface area (TPSA) is 67.8 Å². The average Bonchev–Trinajstić information content (AvgIpc) is 2.67. The molecule has 0 unspecified atom stereocenters. The van der Waals surface area contributed by atoms with Gasteiger partial charge in [0.1, 0.15) is 5.82 Å². The highest BCUT2D eigenvalue weighted by Gasteiger charge is 2.41. The van der Waals surface area contributed by atoms with Gasteiger partial charge >= 0.3 is 6.01 Å². The number of aryl methyl sites for hydroxylation is 1. The summed E-state index contributed by atoms with van der Waals surface area (Å²) < 4.78 is 11.4. The minimum Gasteiger partial charge on any atom is -0.467 e. The highest BCUT2D eigenvalue weighted by atomic mass is 16.5. The number of carbonyl (C=O) groups is 1. The van der Waals surface area contributed by atoms with Gasteiger partial charge in [-0.25, -0.2) is 4.98 Å². The van der Waals surface area contributed by atoms with Crippen LogP contribution in [0.5, 0.6) is 6.01 Å². The molecule has 0 atom stereocenters. The third-order valence-electron chi connectivity index (χ3n) is 5.38. The first kappa shape index (κ1) is 19.6. The molecule has 2 saturated heterocycles. The Hall–Kier alpha value is -2.15. The summed E-state index contributed by atoms with van der Waals surface area (Å²) in [7, 11) is 1.58. The smallest absolute Gasteiger partial charge is 0.318 e. The number of carbonyl (C=O) groups excluding carboxylic acids is 1. The van der Waals surface area contributed by atoms with Crippen LogP contribution in [-0.4, -0.2) is 66.3 Å². The predicted octanol–water partition coefficient (Wildman–Crippen LogP) is 2.35. The van der Waals surface area contributed by atoms with E-state index in [1.807, 2.05) is 30.9 Å². The van der Waals surface area contributed by atoms with Gasteiger partial charge < -0.3 is 19.3 Å². The Labute approximate surface area is 161 Å². The maximum absolute atomic E-state index is 12.7. The van der Waals surface area contributed by atoms with Crippen LogP contribution in [0.4, 0.5) is 5.82 Å². The van der Waals surface area contributed by atoms with Crippen molar-refractivity contribution in [3.8, 4) is 6.01 Å². The molecule has 27 heavy (non-hydrogen) atoms. The van der Waals surface area contributed by atoms with Crippen molar-refractivity contribution in [2.24, 2.45) is 0 Å². The Balaban J connectivity index is 1.66. The van der Waals surface area contributed by atoms with E-state index in [9.17, 15) is 4.79 Å². The molecule has 3 heterocycles. The fraction of sp³-hybridized carbons (Fsp3) is 0.650. The lowest BCUT2D eigenvalue weighted by molar-refractivity contribution is -0.150. The van der Waals surface area contributed by atoms with Crippen molar-refractivity contribution in [3.63, 3.8) is 0 Å². The van der Waals surface area contributed by atoms with Crippen LogP contribution in [0.2, 0.25) is 0 Å². The SMILES string of the molecule is CC/C=C(\C)C(=O)N1CCOC2(CCN(c3cc(C)nc(OC)n3)CC2)C1. The van der Waals surface area contributed by atoms with Crippen molar-refractivity contribution in [3.05, 3.63) is 23.4 Å². The van der Waals surface area contributed by atoms with Gasteiger partial charge in [-0.15, -0.1) is 0 Å². The monoisotopic (exact) mass is 374 g/mol. The number of anilines is 1. The number of rotatable bonds is 4. The van der Waals surface area contributed by atoms with E-state index in [2.05, 4.69) is 21.8 Å². The first-order valence-corrected chi connectivity index (χ1v) is 9.71. The Morgan fingerprint density at radius 1 is 1.33 bits per heavy atom. The summed E-state index contributed by atoms with van der Waals surface area (Å²) in [5.41, 5.74) is 1.47. The van der Waals surface area contributed by atoms with Crippen LogP contribution in [0, 0.1) is 6.92 Å². The molecule has 148 valence electrons. The summed E-state index contributed by atoms with van der Waals surface area (Å²) in [5, 5.41) is 0. The molecule has 3 rings (SSSR count). The molecule has 0 aromatic carbocycles. The van der Waals surface area contributed by atoms with E-state index in [0.29, 0.717) is 25.7 Å². The van der Waals surface area contributed by atoms with Crippen molar-refractivity contribution in [1.82, 2.24) is 14.9 Å². The first-order valence-electron chi connectivity index (χ1n) is 9.71. The second kappa shape index (κ2) is 8.25. The number of hydrogen-bond acceptors (Lipinski definition) is 6. The maximum Gasteiger partial charge on any atom is 0.318 e. The number of morpholine rings is 1. The number of hydrogen-bond donors (Lipinski definition) is 0. The molecule has 7 heteroatoms. The lowest BCUT2D eigenvalue weighted by atomic mass is 9.89. The summed E-state index contributed by atoms with van der Waals surface area (Å²) >= 11 is 0. The molecule has 0 bridgehead atoms. The lowest BCUT2D eigenvalue weighted by Gasteiger charge is -2.47. The van der Waals surface area contributed by atoms with Crippen molar-refractivity contribution in [1.29, 1.82) is 0 Å². The molecule has 1 spiro atoms. The van der Waals surface area contributed by atoms with E-state index in [1.54, 1.807) is 7.11 Å². The van der Waals surface area contributed by atoms with Crippen molar-refractivity contribution >= 4 is 11.7 Å². The predicted molar refractivity (Wildman–Crippen MR) is 104 cm³/mol. The number of allylic oxidation sites excluding steroid dienone is 1. The zero-order chi connectivity index (χ0) is 19.4. The number of nitrogens with zero attached hydrogens (tertiary/aromatic N) is 4.